The minimum absolute atomic E-state index is 0.164. The number of benzene rings is 1. The highest BCUT2D eigenvalue weighted by Crippen LogP contribution is 2.22. The number of halogens is 1. The molecule has 4 heteroatoms. The summed E-state index contributed by atoms with van der Waals surface area (Å²) in [6.07, 6.45) is -0.609. The summed E-state index contributed by atoms with van der Waals surface area (Å²) < 4.78 is 0. The third-order valence-electron chi connectivity index (χ3n) is 2.33. The van der Waals surface area contributed by atoms with Crippen LogP contribution in [0.1, 0.15) is 18.4 Å². The fourth-order valence-electron chi connectivity index (χ4n) is 1.32. The molecule has 16 heavy (non-hydrogen) atoms. The molecule has 1 aromatic carbocycles. The Morgan fingerprint density at radius 1 is 1.25 bits per heavy atom. The molecule has 0 aromatic heterocycles. The van der Waals surface area contributed by atoms with Gasteiger partial charge in [0.05, 0.1) is 12.7 Å². The van der Waals surface area contributed by atoms with Gasteiger partial charge in [0.2, 0.25) is 0 Å². The molecule has 0 amide bonds. The lowest BCUT2D eigenvalue weighted by Crippen LogP contribution is -2.15. The lowest BCUT2D eigenvalue weighted by Gasteiger charge is -2.13. The number of aliphatic hydroxyl groups excluding tert-OH is 2. The first-order valence-corrected chi connectivity index (χ1v) is 6.79. The molecule has 0 radical (unpaired) electrons. The van der Waals surface area contributed by atoms with Crippen molar-refractivity contribution in [1.29, 1.82) is 0 Å². The lowest BCUT2D eigenvalue weighted by molar-refractivity contribution is 0.113. The van der Waals surface area contributed by atoms with E-state index in [1.807, 2.05) is 24.3 Å². The van der Waals surface area contributed by atoms with E-state index < -0.39 is 6.10 Å². The molecule has 2 unspecified atom stereocenters. The average Bonchev–Trinajstić information content (AvgIpc) is 2.29. The quantitative estimate of drug-likeness (QED) is 0.826. The van der Waals surface area contributed by atoms with Crippen molar-refractivity contribution in [3.63, 3.8) is 0 Å². The molecular formula is C12H17ClO2S. The van der Waals surface area contributed by atoms with Crippen LogP contribution in [0, 0.1) is 0 Å². The molecule has 2 atom stereocenters. The van der Waals surface area contributed by atoms with Gasteiger partial charge in [-0.2, -0.15) is 11.8 Å². The van der Waals surface area contributed by atoms with E-state index in [0.717, 1.165) is 10.8 Å². The number of hydrogen-bond donors (Lipinski definition) is 2. The van der Waals surface area contributed by atoms with Crippen molar-refractivity contribution in [3.8, 4) is 0 Å². The second-order valence-electron chi connectivity index (χ2n) is 3.83. The Hall–Kier alpha value is -0.220. The molecule has 0 aliphatic carbocycles. The van der Waals surface area contributed by atoms with E-state index >= 15 is 0 Å². The Morgan fingerprint density at radius 2 is 1.88 bits per heavy atom. The van der Waals surface area contributed by atoms with Gasteiger partial charge in [0.15, 0.2) is 0 Å². The van der Waals surface area contributed by atoms with E-state index in [2.05, 4.69) is 6.92 Å². The van der Waals surface area contributed by atoms with Crippen LogP contribution in [0.15, 0.2) is 24.3 Å². The van der Waals surface area contributed by atoms with Crippen molar-refractivity contribution in [2.75, 3.05) is 18.1 Å². The maximum atomic E-state index is 9.19. The fourth-order valence-corrected chi connectivity index (χ4v) is 2.51. The first kappa shape index (κ1) is 13.8. The van der Waals surface area contributed by atoms with Crippen molar-refractivity contribution in [3.05, 3.63) is 34.9 Å². The summed E-state index contributed by atoms with van der Waals surface area (Å²) in [6, 6.07) is 7.83. The highest BCUT2D eigenvalue weighted by Gasteiger charge is 2.07. The van der Waals surface area contributed by atoms with Crippen LogP contribution < -0.4 is 0 Å². The number of aliphatic hydroxyl groups is 2. The smallest absolute Gasteiger partial charge is 0.0861 e. The van der Waals surface area contributed by atoms with Crippen LogP contribution in [-0.2, 0) is 0 Å². The highest BCUT2D eigenvalue weighted by atomic mass is 35.5. The molecule has 0 spiro atoms. The maximum Gasteiger partial charge on any atom is 0.0861 e. The Labute approximate surface area is 106 Å². The molecule has 0 aliphatic heterocycles. The lowest BCUT2D eigenvalue weighted by atomic mass is 10.0. The molecule has 2 nitrogen and oxygen atoms in total. The van der Waals surface area contributed by atoms with E-state index in [-0.39, 0.29) is 6.61 Å². The minimum atomic E-state index is -0.609. The molecule has 0 aliphatic rings. The number of rotatable bonds is 6. The monoisotopic (exact) mass is 260 g/mol. The standard InChI is InChI=1S/C12H17ClO2S/c1-9(7-16-8-12(15)6-14)10-2-4-11(13)5-3-10/h2-5,9,12,14-15H,6-8H2,1H3. The zero-order chi connectivity index (χ0) is 12.0. The van der Waals surface area contributed by atoms with Gasteiger partial charge >= 0.3 is 0 Å². The predicted octanol–water partition coefficient (Wildman–Crippen LogP) is 2.53. The van der Waals surface area contributed by atoms with Crippen LogP contribution in [0.5, 0.6) is 0 Å². The summed E-state index contributed by atoms with van der Waals surface area (Å²) in [4.78, 5) is 0. The summed E-state index contributed by atoms with van der Waals surface area (Å²) in [5, 5.41) is 18.6. The first-order chi connectivity index (χ1) is 7.63. The normalized spacial score (nSPS) is 14.8. The zero-order valence-electron chi connectivity index (χ0n) is 9.27. The van der Waals surface area contributed by atoms with Crippen molar-refractivity contribution in [1.82, 2.24) is 0 Å². The second kappa shape index (κ2) is 7.17. The van der Waals surface area contributed by atoms with E-state index in [1.165, 1.54) is 5.56 Å². The van der Waals surface area contributed by atoms with Crippen LogP contribution in [0.25, 0.3) is 0 Å². The molecular weight excluding hydrogens is 244 g/mol. The van der Waals surface area contributed by atoms with Gasteiger partial charge in [0.1, 0.15) is 0 Å². The Balaban J connectivity index is 2.35. The van der Waals surface area contributed by atoms with Gasteiger partial charge in [-0.1, -0.05) is 30.7 Å². The van der Waals surface area contributed by atoms with Crippen LogP contribution >= 0.6 is 23.4 Å². The van der Waals surface area contributed by atoms with Crippen molar-refractivity contribution < 1.29 is 10.2 Å². The van der Waals surface area contributed by atoms with Crippen molar-refractivity contribution >= 4 is 23.4 Å². The number of hydrogen-bond acceptors (Lipinski definition) is 3. The zero-order valence-corrected chi connectivity index (χ0v) is 10.8. The predicted molar refractivity (Wildman–Crippen MR) is 70.3 cm³/mol. The van der Waals surface area contributed by atoms with Gasteiger partial charge in [-0.15, -0.1) is 0 Å². The van der Waals surface area contributed by atoms with Crippen molar-refractivity contribution in [2.24, 2.45) is 0 Å². The second-order valence-corrected chi connectivity index (χ2v) is 5.34. The maximum absolute atomic E-state index is 9.19. The van der Waals surface area contributed by atoms with Gasteiger partial charge in [-0.3, -0.25) is 0 Å². The molecule has 90 valence electrons. The largest absolute Gasteiger partial charge is 0.394 e. The Bertz CT molecular complexity index is 302. The molecule has 0 saturated carbocycles. The molecule has 0 fully saturated rings. The van der Waals surface area contributed by atoms with Crippen molar-refractivity contribution in [2.45, 2.75) is 18.9 Å². The number of thioether (sulfide) groups is 1. The van der Waals surface area contributed by atoms with Crippen LogP contribution in [0.2, 0.25) is 5.02 Å². The topological polar surface area (TPSA) is 40.5 Å². The minimum Gasteiger partial charge on any atom is -0.394 e. The van der Waals surface area contributed by atoms with Gasteiger partial charge in [-0.25, -0.2) is 0 Å². The van der Waals surface area contributed by atoms with E-state index in [0.29, 0.717) is 11.7 Å². The molecule has 1 aromatic rings. The summed E-state index contributed by atoms with van der Waals surface area (Å²) >= 11 is 7.47. The molecule has 0 heterocycles. The van der Waals surface area contributed by atoms with E-state index in [1.54, 1.807) is 11.8 Å². The summed E-state index contributed by atoms with van der Waals surface area (Å²) in [7, 11) is 0. The Morgan fingerprint density at radius 3 is 2.44 bits per heavy atom. The molecule has 0 saturated heterocycles. The van der Waals surface area contributed by atoms with Crippen LogP contribution in [0.3, 0.4) is 0 Å². The first-order valence-electron chi connectivity index (χ1n) is 5.25. The van der Waals surface area contributed by atoms with Crippen LogP contribution in [-0.4, -0.2) is 34.4 Å². The van der Waals surface area contributed by atoms with Gasteiger partial charge in [0, 0.05) is 10.8 Å². The van der Waals surface area contributed by atoms with Gasteiger partial charge in [-0.05, 0) is 29.4 Å². The molecule has 0 bridgehead atoms. The summed E-state index contributed by atoms with van der Waals surface area (Å²) in [5.41, 5.74) is 1.25. The van der Waals surface area contributed by atoms with Gasteiger partial charge in [0.25, 0.3) is 0 Å². The summed E-state index contributed by atoms with van der Waals surface area (Å²) in [5.74, 6) is 1.93. The molecule has 1 rings (SSSR count). The Kier molecular flexibility index (Phi) is 6.21. The van der Waals surface area contributed by atoms with E-state index in [9.17, 15) is 5.11 Å². The van der Waals surface area contributed by atoms with E-state index in [4.69, 9.17) is 16.7 Å². The third-order valence-corrected chi connectivity index (χ3v) is 3.94. The summed E-state index contributed by atoms with van der Waals surface area (Å²) in [6.45, 7) is 1.98. The van der Waals surface area contributed by atoms with Crippen LogP contribution in [0.4, 0.5) is 0 Å². The SMILES string of the molecule is CC(CSCC(O)CO)c1ccc(Cl)cc1. The average molecular weight is 261 g/mol. The molecule has 2 N–H and O–H groups in total. The van der Waals surface area contributed by atoms with Gasteiger partial charge < -0.3 is 10.2 Å². The third kappa shape index (κ3) is 4.74. The fraction of sp³-hybridized carbons (Fsp3) is 0.500. The highest BCUT2D eigenvalue weighted by molar-refractivity contribution is 7.99.